The number of cyclic esters (lactones) is 1. The molecule has 0 atom stereocenters. The number of ether oxygens (including phenoxy) is 3. The average molecular weight is 242 g/mol. The van der Waals surface area contributed by atoms with Gasteiger partial charge in [0, 0.05) is 5.57 Å². The van der Waals surface area contributed by atoms with E-state index in [4.69, 9.17) is 4.74 Å². The number of hydrogen-bond donors (Lipinski definition) is 0. The molecule has 0 N–H and O–H groups in total. The SMILES string of the molecule is COC(=O)C/C(C(=O)OC)=C1\CCCOC1=O. The maximum absolute atomic E-state index is 11.5. The lowest BCUT2D eigenvalue weighted by Crippen LogP contribution is -2.22. The third-order valence-electron chi connectivity index (χ3n) is 2.40. The Morgan fingerprint density at radius 1 is 1.29 bits per heavy atom. The van der Waals surface area contributed by atoms with Crippen LogP contribution in [0.2, 0.25) is 0 Å². The largest absolute Gasteiger partial charge is 0.469 e. The number of esters is 3. The van der Waals surface area contributed by atoms with Gasteiger partial charge in [-0.05, 0) is 12.8 Å². The van der Waals surface area contributed by atoms with Gasteiger partial charge in [-0.2, -0.15) is 0 Å². The molecule has 1 saturated heterocycles. The molecule has 0 aromatic rings. The summed E-state index contributed by atoms with van der Waals surface area (Å²) < 4.78 is 13.8. The normalized spacial score (nSPS) is 18.1. The molecule has 0 bridgehead atoms. The van der Waals surface area contributed by atoms with Crippen LogP contribution in [-0.2, 0) is 28.6 Å². The van der Waals surface area contributed by atoms with Crippen LogP contribution in [0, 0.1) is 0 Å². The molecule has 0 amide bonds. The van der Waals surface area contributed by atoms with E-state index in [-0.39, 0.29) is 17.6 Å². The predicted molar refractivity (Wildman–Crippen MR) is 55.9 cm³/mol. The highest BCUT2D eigenvalue weighted by atomic mass is 16.5. The van der Waals surface area contributed by atoms with Crippen molar-refractivity contribution in [2.45, 2.75) is 19.3 Å². The monoisotopic (exact) mass is 242 g/mol. The first kappa shape index (κ1) is 13.2. The van der Waals surface area contributed by atoms with Crippen molar-refractivity contribution in [2.24, 2.45) is 0 Å². The fraction of sp³-hybridized carbons (Fsp3) is 0.545. The number of carbonyl (C=O) groups excluding carboxylic acids is 3. The minimum atomic E-state index is -0.704. The van der Waals surface area contributed by atoms with Gasteiger partial charge in [0.2, 0.25) is 0 Å². The summed E-state index contributed by atoms with van der Waals surface area (Å²) in [6.45, 7) is 0.328. The highest BCUT2D eigenvalue weighted by molar-refractivity contribution is 6.03. The quantitative estimate of drug-likeness (QED) is 0.404. The van der Waals surface area contributed by atoms with Gasteiger partial charge in [0.05, 0.1) is 32.8 Å². The van der Waals surface area contributed by atoms with Crippen molar-refractivity contribution < 1.29 is 28.6 Å². The molecule has 0 aliphatic carbocycles. The van der Waals surface area contributed by atoms with Crippen LogP contribution in [0.15, 0.2) is 11.1 Å². The van der Waals surface area contributed by atoms with E-state index in [1.54, 1.807) is 0 Å². The molecule has 0 aromatic carbocycles. The van der Waals surface area contributed by atoms with Gasteiger partial charge in [-0.1, -0.05) is 0 Å². The summed E-state index contributed by atoms with van der Waals surface area (Å²) in [6, 6.07) is 0. The molecule has 94 valence electrons. The Morgan fingerprint density at radius 3 is 2.53 bits per heavy atom. The summed E-state index contributed by atoms with van der Waals surface area (Å²) in [5.41, 5.74) is 0.220. The first-order chi connectivity index (χ1) is 8.10. The van der Waals surface area contributed by atoms with E-state index in [1.807, 2.05) is 0 Å². The summed E-state index contributed by atoms with van der Waals surface area (Å²) in [5, 5.41) is 0. The molecule has 0 spiro atoms. The summed E-state index contributed by atoms with van der Waals surface area (Å²) in [5.74, 6) is -1.87. The molecular weight excluding hydrogens is 228 g/mol. The molecule has 1 aliphatic rings. The molecule has 0 saturated carbocycles. The average Bonchev–Trinajstić information content (AvgIpc) is 2.35. The molecule has 0 aromatic heterocycles. The summed E-state index contributed by atoms with van der Waals surface area (Å²) >= 11 is 0. The van der Waals surface area contributed by atoms with E-state index < -0.39 is 17.9 Å². The summed E-state index contributed by atoms with van der Waals surface area (Å²) in [6.07, 6.45) is 0.747. The van der Waals surface area contributed by atoms with Crippen molar-refractivity contribution >= 4 is 17.9 Å². The molecule has 6 heteroatoms. The standard InChI is InChI=1S/C11H14O6/c1-15-9(12)6-8(10(13)16-2)7-4-3-5-17-11(7)14/h3-6H2,1-2H3/b8-7-. The Kier molecular flexibility index (Phi) is 4.68. The van der Waals surface area contributed by atoms with Crippen LogP contribution in [0.1, 0.15) is 19.3 Å². The smallest absolute Gasteiger partial charge is 0.334 e. The van der Waals surface area contributed by atoms with Crippen molar-refractivity contribution in [1.82, 2.24) is 0 Å². The number of rotatable bonds is 3. The van der Waals surface area contributed by atoms with E-state index >= 15 is 0 Å². The fourth-order valence-corrected chi connectivity index (χ4v) is 1.52. The van der Waals surface area contributed by atoms with Gasteiger partial charge < -0.3 is 14.2 Å². The molecule has 1 rings (SSSR count). The predicted octanol–water partition coefficient (Wildman–Crippen LogP) is 0.356. The lowest BCUT2D eigenvalue weighted by Gasteiger charge is -2.17. The summed E-state index contributed by atoms with van der Waals surface area (Å²) in [4.78, 5) is 34.2. The van der Waals surface area contributed by atoms with Crippen LogP contribution in [0.5, 0.6) is 0 Å². The Hall–Kier alpha value is -1.85. The zero-order valence-electron chi connectivity index (χ0n) is 9.78. The van der Waals surface area contributed by atoms with Crippen molar-refractivity contribution in [3.8, 4) is 0 Å². The van der Waals surface area contributed by atoms with Crippen molar-refractivity contribution in [3.05, 3.63) is 11.1 Å². The van der Waals surface area contributed by atoms with Crippen LogP contribution in [-0.4, -0.2) is 38.7 Å². The van der Waals surface area contributed by atoms with Crippen LogP contribution in [0.4, 0.5) is 0 Å². The first-order valence-electron chi connectivity index (χ1n) is 5.14. The lowest BCUT2D eigenvalue weighted by molar-refractivity contribution is -0.144. The molecule has 1 aliphatic heterocycles. The zero-order valence-corrected chi connectivity index (χ0v) is 9.78. The summed E-state index contributed by atoms with van der Waals surface area (Å²) in [7, 11) is 2.40. The van der Waals surface area contributed by atoms with Crippen molar-refractivity contribution in [1.29, 1.82) is 0 Å². The lowest BCUT2D eigenvalue weighted by atomic mass is 9.99. The molecular formula is C11H14O6. The first-order valence-corrected chi connectivity index (χ1v) is 5.14. The van der Waals surface area contributed by atoms with Crippen LogP contribution in [0.25, 0.3) is 0 Å². The van der Waals surface area contributed by atoms with Crippen molar-refractivity contribution in [2.75, 3.05) is 20.8 Å². The minimum Gasteiger partial charge on any atom is -0.469 e. The topological polar surface area (TPSA) is 78.9 Å². The third-order valence-corrected chi connectivity index (χ3v) is 2.40. The minimum absolute atomic E-state index is 0.0176. The fourth-order valence-electron chi connectivity index (χ4n) is 1.52. The van der Waals surface area contributed by atoms with E-state index in [1.165, 1.54) is 14.2 Å². The van der Waals surface area contributed by atoms with Gasteiger partial charge in [0.25, 0.3) is 0 Å². The van der Waals surface area contributed by atoms with Crippen molar-refractivity contribution in [3.63, 3.8) is 0 Å². The van der Waals surface area contributed by atoms with Crippen LogP contribution < -0.4 is 0 Å². The second kappa shape index (κ2) is 6.03. The molecule has 0 radical (unpaired) electrons. The maximum atomic E-state index is 11.5. The third kappa shape index (κ3) is 3.30. The molecule has 1 heterocycles. The second-order valence-electron chi connectivity index (χ2n) is 3.44. The van der Waals surface area contributed by atoms with Crippen LogP contribution >= 0.6 is 0 Å². The molecule has 6 nitrogen and oxygen atoms in total. The van der Waals surface area contributed by atoms with Crippen LogP contribution in [0.3, 0.4) is 0 Å². The zero-order chi connectivity index (χ0) is 12.8. The second-order valence-corrected chi connectivity index (χ2v) is 3.44. The molecule has 0 unspecified atom stereocenters. The van der Waals surface area contributed by atoms with E-state index in [0.717, 1.165) is 0 Å². The Balaban J connectivity index is 3.02. The highest BCUT2D eigenvalue weighted by Crippen LogP contribution is 2.21. The van der Waals surface area contributed by atoms with Gasteiger partial charge in [0.15, 0.2) is 0 Å². The maximum Gasteiger partial charge on any atom is 0.334 e. The number of hydrogen-bond acceptors (Lipinski definition) is 6. The van der Waals surface area contributed by atoms with Gasteiger partial charge >= 0.3 is 17.9 Å². The number of methoxy groups -OCH3 is 2. The molecule has 1 fully saturated rings. The van der Waals surface area contributed by atoms with Gasteiger partial charge in [-0.15, -0.1) is 0 Å². The number of carbonyl (C=O) groups is 3. The Morgan fingerprint density at radius 2 is 2.00 bits per heavy atom. The van der Waals surface area contributed by atoms with E-state index in [2.05, 4.69) is 9.47 Å². The Bertz CT molecular complexity index is 368. The Labute approximate surface area is 98.5 Å². The van der Waals surface area contributed by atoms with E-state index in [0.29, 0.717) is 19.4 Å². The van der Waals surface area contributed by atoms with Gasteiger partial charge in [0.1, 0.15) is 0 Å². The van der Waals surface area contributed by atoms with E-state index in [9.17, 15) is 14.4 Å². The van der Waals surface area contributed by atoms with Gasteiger partial charge in [-0.3, -0.25) is 4.79 Å². The highest BCUT2D eigenvalue weighted by Gasteiger charge is 2.27. The van der Waals surface area contributed by atoms with Gasteiger partial charge in [-0.25, -0.2) is 9.59 Å². The molecule has 17 heavy (non-hydrogen) atoms.